The van der Waals surface area contributed by atoms with Crippen molar-refractivity contribution >= 4 is 17.4 Å². The Morgan fingerprint density at radius 2 is 2.05 bits per heavy atom. The van der Waals surface area contributed by atoms with Gasteiger partial charge in [0.15, 0.2) is 0 Å². The van der Waals surface area contributed by atoms with E-state index in [9.17, 15) is 14.5 Å². The summed E-state index contributed by atoms with van der Waals surface area (Å²) in [7, 11) is 0. The van der Waals surface area contributed by atoms with Crippen LogP contribution in [0.25, 0.3) is 0 Å². The van der Waals surface area contributed by atoms with Crippen LogP contribution in [0.15, 0.2) is 18.2 Å². The summed E-state index contributed by atoms with van der Waals surface area (Å²) in [5.74, 6) is -0.755. The summed E-state index contributed by atoms with van der Waals surface area (Å²) in [5, 5.41) is 11.7. The second-order valence-corrected chi connectivity index (χ2v) is 6.88. The molecule has 1 heterocycles. The van der Waals surface area contributed by atoms with Crippen molar-refractivity contribution in [2.24, 2.45) is 0 Å². The average molecular weight is 284 g/mol. The molecule has 0 spiro atoms. The maximum Gasteiger partial charge on any atom is 0.304 e. The van der Waals surface area contributed by atoms with Crippen molar-refractivity contribution < 1.29 is 9.31 Å². The molecule has 1 aromatic rings. The van der Waals surface area contributed by atoms with Gasteiger partial charge in [0.25, 0.3) is 0 Å². The average Bonchev–Trinajstić information content (AvgIpc) is 2.26. The van der Waals surface area contributed by atoms with E-state index in [-0.39, 0.29) is 0 Å². The first-order valence-electron chi connectivity index (χ1n) is 6.26. The van der Waals surface area contributed by atoms with Gasteiger partial charge in [0.1, 0.15) is 0 Å². The van der Waals surface area contributed by atoms with E-state index in [0.29, 0.717) is 17.0 Å². The Labute approximate surface area is 116 Å². The largest absolute Gasteiger partial charge is 0.304 e. The van der Waals surface area contributed by atoms with Crippen molar-refractivity contribution in [1.29, 1.82) is 0 Å². The van der Waals surface area contributed by atoms with Crippen LogP contribution >= 0.6 is 11.8 Å². The second kappa shape index (κ2) is 5.88. The van der Waals surface area contributed by atoms with E-state index >= 15 is 0 Å². The van der Waals surface area contributed by atoms with Crippen molar-refractivity contribution in [3.63, 3.8) is 0 Å². The van der Waals surface area contributed by atoms with Crippen molar-refractivity contribution in [3.8, 4) is 0 Å². The normalized spacial score (nSPS) is 24.4. The van der Waals surface area contributed by atoms with Crippen LogP contribution in [0, 0.1) is 15.9 Å². The van der Waals surface area contributed by atoms with Gasteiger partial charge in [-0.15, -0.1) is 0 Å². The molecule has 0 aromatic heterocycles. The number of hydrogen-bond acceptors (Lipinski definition) is 4. The summed E-state index contributed by atoms with van der Waals surface area (Å²) in [4.78, 5) is 12.1. The van der Waals surface area contributed by atoms with Gasteiger partial charge in [-0.05, 0) is 11.6 Å². The molecule has 6 heteroatoms. The van der Waals surface area contributed by atoms with Crippen LogP contribution in [-0.4, -0.2) is 33.4 Å². The summed E-state index contributed by atoms with van der Waals surface area (Å²) >= 11 is 1.96. The van der Waals surface area contributed by atoms with Crippen LogP contribution in [0.2, 0.25) is 0 Å². The van der Waals surface area contributed by atoms with Crippen LogP contribution in [0.5, 0.6) is 0 Å². The second-order valence-electron chi connectivity index (χ2n) is 4.99. The van der Waals surface area contributed by atoms with Crippen LogP contribution in [0.1, 0.15) is 19.4 Å². The van der Waals surface area contributed by atoms with Gasteiger partial charge >= 0.3 is 5.69 Å². The SMILES string of the molecule is CC1CN(Cc2ccc([N+](=O)[O-])c(F)c2)CC(C)S1. The lowest BCUT2D eigenvalue weighted by Gasteiger charge is -2.34. The molecule has 2 atom stereocenters. The Balaban J connectivity index is 2.07. The minimum Gasteiger partial charge on any atom is -0.297 e. The Hall–Kier alpha value is -1.14. The van der Waals surface area contributed by atoms with Crippen LogP contribution in [0.4, 0.5) is 10.1 Å². The Morgan fingerprint density at radius 1 is 1.42 bits per heavy atom. The highest BCUT2D eigenvalue weighted by molar-refractivity contribution is 8.00. The highest BCUT2D eigenvalue weighted by Gasteiger charge is 2.23. The van der Waals surface area contributed by atoms with Gasteiger partial charge in [-0.2, -0.15) is 16.2 Å². The molecule has 19 heavy (non-hydrogen) atoms. The van der Waals surface area contributed by atoms with E-state index < -0.39 is 16.4 Å². The van der Waals surface area contributed by atoms with E-state index in [1.165, 1.54) is 12.1 Å². The molecule has 0 amide bonds. The first kappa shape index (κ1) is 14.3. The van der Waals surface area contributed by atoms with Crippen LogP contribution < -0.4 is 0 Å². The zero-order chi connectivity index (χ0) is 14.0. The fourth-order valence-electron chi connectivity index (χ4n) is 2.47. The van der Waals surface area contributed by atoms with E-state index in [1.54, 1.807) is 6.07 Å². The van der Waals surface area contributed by atoms with Crippen molar-refractivity contribution in [1.82, 2.24) is 4.90 Å². The van der Waals surface area contributed by atoms with Crippen molar-refractivity contribution in [2.75, 3.05) is 13.1 Å². The van der Waals surface area contributed by atoms with Gasteiger partial charge in [-0.25, -0.2) is 0 Å². The number of benzene rings is 1. The zero-order valence-corrected chi connectivity index (χ0v) is 11.8. The minimum absolute atomic E-state index is 0.459. The molecular formula is C13H17FN2O2S. The van der Waals surface area contributed by atoms with Gasteiger partial charge < -0.3 is 0 Å². The number of nitro groups is 1. The van der Waals surface area contributed by atoms with Crippen LogP contribution in [0.3, 0.4) is 0 Å². The summed E-state index contributed by atoms with van der Waals surface area (Å²) in [6.45, 7) is 6.94. The monoisotopic (exact) mass is 284 g/mol. The maximum absolute atomic E-state index is 13.5. The molecule has 0 bridgehead atoms. The first-order chi connectivity index (χ1) is 8.95. The molecule has 0 radical (unpaired) electrons. The summed E-state index contributed by atoms with van der Waals surface area (Å²) in [6.07, 6.45) is 0. The molecule has 1 fully saturated rings. The van der Waals surface area contributed by atoms with E-state index in [1.807, 2.05) is 11.8 Å². The van der Waals surface area contributed by atoms with Gasteiger partial charge in [-0.1, -0.05) is 19.9 Å². The lowest BCUT2D eigenvalue weighted by molar-refractivity contribution is -0.387. The van der Waals surface area contributed by atoms with Gasteiger partial charge in [0.05, 0.1) is 4.92 Å². The molecule has 1 saturated heterocycles. The summed E-state index contributed by atoms with van der Waals surface area (Å²) < 4.78 is 13.5. The third-order valence-electron chi connectivity index (χ3n) is 3.11. The Bertz CT molecular complexity index is 474. The van der Waals surface area contributed by atoms with Crippen molar-refractivity contribution in [2.45, 2.75) is 30.9 Å². The smallest absolute Gasteiger partial charge is 0.297 e. The number of thioether (sulfide) groups is 1. The van der Waals surface area contributed by atoms with E-state index in [4.69, 9.17) is 0 Å². The maximum atomic E-state index is 13.5. The summed E-state index contributed by atoms with van der Waals surface area (Å²) in [6, 6.07) is 4.16. The quantitative estimate of drug-likeness (QED) is 0.632. The van der Waals surface area contributed by atoms with E-state index in [2.05, 4.69) is 18.7 Å². The number of nitro benzene ring substituents is 1. The fraction of sp³-hybridized carbons (Fsp3) is 0.538. The molecular weight excluding hydrogens is 267 g/mol. The number of rotatable bonds is 3. The lowest BCUT2D eigenvalue weighted by Crippen LogP contribution is -2.39. The standard InChI is InChI=1S/C13H17FN2O2S/c1-9-6-15(7-10(2)19-9)8-11-3-4-13(16(17)18)12(14)5-11/h3-5,9-10H,6-8H2,1-2H3. The molecule has 1 aromatic carbocycles. The number of nitrogens with zero attached hydrogens (tertiary/aromatic N) is 2. The fourth-order valence-corrected chi connectivity index (χ4v) is 3.86. The molecule has 2 unspecified atom stereocenters. The third-order valence-corrected chi connectivity index (χ3v) is 4.34. The molecule has 0 saturated carbocycles. The highest BCUT2D eigenvalue weighted by atomic mass is 32.2. The molecule has 1 aliphatic heterocycles. The Morgan fingerprint density at radius 3 is 2.58 bits per heavy atom. The molecule has 1 aliphatic rings. The van der Waals surface area contributed by atoms with Crippen molar-refractivity contribution in [3.05, 3.63) is 39.7 Å². The predicted molar refractivity (Wildman–Crippen MR) is 74.8 cm³/mol. The first-order valence-corrected chi connectivity index (χ1v) is 7.20. The third kappa shape index (κ3) is 3.67. The van der Waals surface area contributed by atoms with E-state index in [0.717, 1.165) is 18.7 Å². The number of hydrogen-bond donors (Lipinski definition) is 0. The molecule has 2 rings (SSSR count). The van der Waals surface area contributed by atoms with Crippen LogP contribution in [-0.2, 0) is 6.54 Å². The molecule has 4 nitrogen and oxygen atoms in total. The van der Waals surface area contributed by atoms with Gasteiger partial charge in [0, 0.05) is 36.2 Å². The lowest BCUT2D eigenvalue weighted by atomic mass is 10.1. The predicted octanol–water partition coefficient (Wildman–Crippen LogP) is 3.06. The summed E-state index contributed by atoms with van der Waals surface area (Å²) in [5.41, 5.74) is 0.328. The highest BCUT2D eigenvalue weighted by Crippen LogP contribution is 2.26. The van der Waals surface area contributed by atoms with Gasteiger partial charge in [0.2, 0.25) is 5.82 Å². The topological polar surface area (TPSA) is 46.4 Å². The Kier molecular flexibility index (Phi) is 4.42. The van der Waals surface area contributed by atoms with Gasteiger partial charge in [-0.3, -0.25) is 15.0 Å². The molecule has 0 N–H and O–H groups in total. The molecule has 104 valence electrons. The number of halogens is 1. The zero-order valence-electron chi connectivity index (χ0n) is 11.0. The minimum atomic E-state index is -0.755. The molecule has 0 aliphatic carbocycles.